The first kappa shape index (κ1) is 14.2. The minimum absolute atomic E-state index is 0.438. The lowest BCUT2D eigenvalue weighted by Crippen LogP contribution is -2.34. The highest BCUT2D eigenvalue weighted by Gasteiger charge is 2.29. The minimum atomic E-state index is 0.438. The number of hydrogen-bond donors (Lipinski definition) is 1. The van der Waals surface area contributed by atoms with E-state index in [0.717, 1.165) is 29.4 Å². The highest BCUT2D eigenvalue weighted by atomic mass is 16.5. The maximum atomic E-state index is 6.14. The molecule has 1 atom stereocenters. The maximum absolute atomic E-state index is 6.14. The molecule has 1 aromatic heterocycles. The normalized spacial score (nSPS) is 16.6. The quantitative estimate of drug-likeness (QED) is 0.887. The standard InChI is InChI=1S/C16H24N4O/c1-4-21-14-7-5-6-13-15(14)18-16(17)20(13)10-11(2)19(3)12-8-9-12/h5-7,11-12H,4,8-10H2,1-3H3,(H2,17,18). The van der Waals surface area contributed by atoms with E-state index in [4.69, 9.17) is 10.5 Å². The van der Waals surface area contributed by atoms with Crippen LogP contribution < -0.4 is 10.5 Å². The largest absolute Gasteiger partial charge is 0.492 e. The first-order chi connectivity index (χ1) is 10.1. The predicted octanol–water partition coefficient (Wildman–Crippen LogP) is 2.50. The van der Waals surface area contributed by atoms with Crippen molar-refractivity contribution in [3.8, 4) is 5.75 Å². The van der Waals surface area contributed by atoms with Crippen molar-refractivity contribution in [2.75, 3.05) is 19.4 Å². The lowest BCUT2D eigenvalue weighted by Gasteiger charge is -2.25. The van der Waals surface area contributed by atoms with Crippen LogP contribution in [0.2, 0.25) is 0 Å². The number of nitrogens with zero attached hydrogens (tertiary/aromatic N) is 3. The Morgan fingerprint density at radius 1 is 1.48 bits per heavy atom. The van der Waals surface area contributed by atoms with Crippen molar-refractivity contribution in [3.63, 3.8) is 0 Å². The molecule has 114 valence electrons. The van der Waals surface area contributed by atoms with Gasteiger partial charge in [-0.05, 0) is 45.9 Å². The number of hydrogen-bond acceptors (Lipinski definition) is 4. The molecule has 2 aromatic rings. The highest BCUT2D eigenvalue weighted by molar-refractivity contribution is 5.84. The molecule has 1 aliphatic carbocycles. The number of likely N-dealkylation sites (N-methyl/N-ethyl adjacent to an activating group) is 1. The molecule has 5 nitrogen and oxygen atoms in total. The molecule has 2 N–H and O–H groups in total. The number of benzene rings is 1. The Morgan fingerprint density at radius 2 is 2.24 bits per heavy atom. The van der Waals surface area contributed by atoms with E-state index in [0.29, 0.717) is 18.6 Å². The summed E-state index contributed by atoms with van der Waals surface area (Å²) in [7, 11) is 2.20. The molecule has 0 bridgehead atoms. The molecular weight excluding hydrogens is 264 g/mol. The topological polar surface area (TPSA) is 56.3 Å². The number of rotatable bonds is 6. The van der Waals surface area contributed by atoms with Gasteiger partial charge in [-0.25, -0.2) is 4.98 Å². The van der Waals surface area contributed by atoms with Crippen molar-refractivity contribution >= 4 is 17.0 Å². The Hall–Kier alpha value is -1.75. The Labute approximate surface area is 125 Å². The van der Waals surface area contributed by atoms with Crippen LogP contribution in [0.3, 0.4) is 0 Å². The average Bonchev–Trinajstić information content (AvgIpc) is 3.26. The van der Waals surface area contributed by atoms with Gasteiger partial charge in [-0.1, -0.05) is 6.07 Å². The summed E-state index contributed by atoms with van der Waals surface area (Å²) in [6.07, 6.45) is 2.63. The van der Waals surface area contributed by atoms with Crippen LogP contribution in [0.15, 0.2) is 18.2 Å². The van der Waals surface area contributed by atoms with Crippen molar-refractivity contribution in [1.29, 1.82) is 0 Å². The molecule has 1 fully saturated rings. The smallest absolute Gasteiger partial charge is 0.201 e. The Kier molecular flexibility index (Phi) is 3.76. The summed E-state index contributed by atoms with van der Waals surface area (Å²) in [5, 5.41) is 0. The molecule has 1 aromatic carbocycles. The van der Waals surface area contributed by atoms with E-state index in [1.54, 1.807) is 0 Å². The van der Waals surface area contributed by atoms with Crippen molar-refractivity contribution in [1.82, 2.24) is 14.5 Å². The van der Waals surface area contributed by atoms with Gasteiger partial charge in [-0.2, -0.15) is 0 Å². The fourth-order valence-electron chi connectivity index (χ4n) is 2.84. The molecule has 5 heteroatoms. The van der Waals surface area contributed by atoms with Gasteiger partial charge >= 0.3 is 0 Å². The van der Waals surface area contributed by atoms with Gasteiger partial charge in [0.2, 0.25) is 5.95 Å². The number of nitrogen functional groups attached to an aromatic ring is 1. The van der Waals surface area contributed by atoms with Gasteiger partial charge in [0.25, 0.3) is 0 Å². The summed E-state index contributed by atoms with van der Waals surface area (Å²) in [6, 6.07) is 7.19. The van der Waals surface area contributed by atoms with E-state index in [-0.39, 0.29) is 0 Å². The first-order valence-electron chi connectivity index (χ1n) is 7.71. The van der Waals surface area contributed by atoms with Gasteiger partial charge in [-0.3, -0.25) is 4.90 Å². The second-order valence-corrected chi connectivity index (χ2v) is 5.88. The third kappa shape index (κ3) is 2.70. The maximum Gasteiger partial charge on any atom is 0.201 e. The molecule has 3 rings (SSSR count). The number of fused-ring (bicyclic) bond motifs is 1. The van der Waals surface area contributed by atoms with Gasteiger partial charge in [0.05, 0.1) is 12.1 Å². The van der Waals surface area contributed by atoms with Gasteiger partial charge in [0.15, 0.2) is 0 Å². The van der Waals surface area contributed by atoms with Crippen molar-refractivity contribution in [2.45, 2.75) is 45.3 Å². The van der Waals surface area contributed by atoms with E-state index < -0.39 is 0 Å². The van der Waals surface area contributed by atoms with E-state index in [1.807, 2.05) is 19.1 Å². The monoisotopic (exact) mass is 288 g/mol. The van der Waals surface area contributed by atoms with Crippen LogP contribution in [0.1, 0.15) is 26.7 Å². The number of anilines is 1. The van der Waals surface area contributed by atoms with Gasteiger partial charge in [-0.15, -0.1) is 0 Å². The predicted molar refractivity (Wildman–Crippen MR) is 85.6 cm³/mol. The molecular formula is C16H24N4O. The second kappa shape index (κ2) is 5.56. The summed E-state index contributed by atoms with van der Waals surface area (Å²) in [5.41, 5.74) is 8.05. The molecule has 0 amide bonds. The summed E-state index contributed by atoms with van der Waals surface area (Å²) in [4.78, 5) is 6.94. The molecule has 0 saturated heterocycles. The van der Waals surface area contributed by atoms with E-state index >= 15 is 0 Å². The van der Waals surface area contributed by atoms with Crippen LogP contribution in [0.4, 0.5) is 5.95 Å². The average molecular weight is 288 g/mol. The van der Waals surface area contributed by atoms with Crippen LogP contribution in [0.5, 0.6) is 5.75 Å². The molecule has 0 spiro atoms. The first-order valence-corrected chi connectivity index (χ1v) is 7.71. The summed E-state index contributed by atoms with van der Waals surface area (Å²) < 4.78 is 7.74. The molecule has 1 aliphatic rings. The highest BCUT2D eigenvalue weighted by Crippen LogP contribution is 2.30. The number of para-hydroxylation sites is 1. The van der Waals surface area contributed by atoms with Crippen LogP contribution in [-0.4, -0.2) is 40.2 Å². The fraction of sp³-hybridized carbons (Fsp3) is 0.562. The van der Waals surface area contributed by atoms with Gasteiger partial charge < -0.3 is 15.0 Å². The fourth-order valence-corrected chi connectivity index (χ4v) is 2.84. The zero-order chi connectivity index (χ0) is 15.0. The number of imidazole rings is 1. The number of aromatic nitrogens is 2. The lowest BCUT2D eigenvalue weighted by atomic mass is 10.2. The molecule has 1 saturated carbocycles. The number of nitrogens with two attached hydrogens (primary N) is 1. The minimum Gasteiger partial charge on any atom is -0.492 e. The molecule has 1 unspecified atom stereocenters. The Morgan fingerprint density at radius 3 is 2.90 bits per heavy atom. The third-order valence-corrected chi connectivity index (χ3v) is 4.34. The van der Waals surface area contributed by atoms with Crippen molar-refractivity contribution < 1.29 is 4.74 Å². The van der Waals surface area contributed by atoms with E-state index in [1.165, 1.54) is 12.8 Å². The van der Waals surface area contributed by atoms with Crippen molar-refractivity contribution in [2.24, 2.45) is 0 Å². The van der Waals surface area contributed by atoms with Crippen LogP contribution in [0, 0.1) is 0 Å². The Balaban J connectivity index is 1.90. The zero-order valence-electron chi connectivity index (χ0n) is 13.0. The summed E-state index contributed by atoms with van der Waals surface area (Å²) >= 11 is 0. The third-order valence-electron chi connectivity index (χ3n) is 4.34. The molecule has 0 radical (unpaired) electrons. The Bertz CT molecular complexity index is 632. The van der Waals surface area contributed by atoms with Crippen LogP contribution in [0.25, 0.3) is 11.0 Å². The molecule has 21 heavy (non-hydrogen) atoms. The summed E-state index contributed by atoms with van der Waals surface area (Å²) in [5.74, 6) is 1.37. The van der Waals surface area contributed by atoms with E-state index in [9.17, 15) is 0 Å². The van der Waals surface area contributed by atoms with E-state index in [2.05, 4.69) is 34.5 Å². The van der Waals surface area contributed by atoms with Crippen LogP contribution in [-0.2, 0) is 6.54 Å². The van der Waals surface area contributed by atoms with Crippen molar-refractivity contribution in [3.05, 3.63) is 18.2 Å². The van der Waals surface area contributed by atoms with Crippen LogP contribution >= 0.6 is 0 Å². The SMILES string of the molecule is CCOc1cccc2c1nc(N)n2CC(C)N(C)C1CC1. The number of ether oxygens (including phenoxy) is 1. The van der Waals surface area contributed by atoms with Gasteiger partial charge in [0, 0.05) is 18.6 Å². The van der Waals surface area contributed by atoms with Gasteiger partial charge in [0.1, 0.15) is 11.3 Å². The summed E-state index contributed by atoms with van der Waals surface area (Å²) in [6.45, 7) is 5.71. The zero-order valence-corrected chi connectivity index (χ0v) is 13.0. The molecule has 1 heterocycles. The second-order valence-electron chi connectivity index (χ2n) is 5.88. The lowest BCUT2D eigenvalue weighted by molar-refractivity contribution is 0.228. The molecule has 0 aliphatic heterocycles.